The molecule has 7 heteroatoms. The van der Waals surface area contributed by atoms with Gasteiger partial charge in [-0.05, 0) is 24.6 Å². The number of nitrogens with two attached hydrogens (primary N) is 1. The summed E-state index contributed by atoms with van der Waals surface area (Å²) < 4.78 is 43.2. The number of hydrogen-bond acceptors (Lipinski definition) is 4. The maximum absolute atomic E-state index is 12.6. The number of benzene rings is 1. The normalized spacial score (nSPS) is 11.4. The molecule has 106 valence electrons. The maximum Gasteiger partial charge on any atom is 0.416 e. The van der Waals surface area contributed by atoms with Crippen LogP contribution in [0.25, 0.3) is 0 Å². The lowest BCUT2D eigenvalue weighted by molar-refractivity contribution is -0.137. The second kappa shape index (κ2) is 5.36. The summed E-state index contributed by atoms with van der Waals surface area (Å²) in [4.78, 5) is 7.72. The molecule has 0 saturated heterocycles. The molecule has 0 spiro atoms. The summed E-state index contributed by atoms with van der Waals surface area (Å²) in [5.41, 5.74) is 5.45. The molecular formula is C13H12F3N3O. The van der Waals surface area contributed by atoms with Crippen molar-refractivity contribution < 1.29 is 17.9 Å². The van der Waals surface area contributed by atoms with E-state index in [-0.39, 0.29) is 17.4 Å². The lowest BCUT2D eigenvalue weighted by Crippen LogP contribution is -2.05. The van der Waals surface area contributed by atoms with E-state index in [1.54, 1.807) is 0 Å². The van der Waals surface area contributed by atoms with E-state index in [1.165, 1.54) is 18.5 Å². The molecule has 20 heavy (non-hydrogen) atoms. The minimum atomic E-state index is -4.42. The van der Waals surface area contributed by atoms with E-state index >= 15 is 0 Å². The third kappa shape index (κ3) is 2.98. The molecule has 0 aliphatic rings. The van der Waals surface area contributed by atoms with Gasteiger partial charge in [-0.25, -0.2) is 9.97 Å². The van der Waals surface area contributed by atoms with Gasteiger partial charge in [0.25, 0.3) is 0 Å². The topological polar surface area (TPSA) is 61.0 Å². The van der Waals surface area contributed by atoms with Crippen LogP contribution in [-0.2, 0) is 12.6 Å². The first kappa shape index (κ1) is 14.1. The average molecular weight is 283 g/mol. The van der Waals surface area contributed by atoms with Gasteiger partial charge in [-0.3, -0.25) is 0 Å². The SMILES string of the molecule is CCc1c(N)ncnc1Oc1cccc(C(F)(F)F)c1. The monoisotopic (exact) mass is 283 g/mol. The Morgan fingerprint density at radius 1 is 1.25 bits per heavy atom. The molecule has 1 aromatic carbocycles. The highest BCUT2D eigenvalue weighted by Crippen LogP contribution is 2.33. The molecule has 0 aliphatic heterocycles. The van der Waals surface area contributed by atoms with Gasteiger partial charge in [0.2, 0.25) is 5.88 Å². The number of anilines is 1. The molecular weight excluding hydrogens is 271 g/mol. The summed E-state index contributed by atoms with van der Waals surface area (Å²) in [7, 11) is 0. The van der Waals surface area contributed by atoms with Crippen LogP contribution in [-0.4, -0.2) is 9.97 Å². The van der Waals surface area contributed by atoms with Crippen molar-refractivity contribution in [2.75, 3.05) is 5.73 Å². The van der Waals surface area contributed by atoms with Crippen molar-refractivity contribution in [1.82, 2.24) is 9.97 Å². The van der Waals surface area contributed by atoms with Gasteiger partial charge in [-0.1, -0.05) is 13.0 Å². The van der Waals surface area contributed by atoms with E-state index in [0.29, 0.717) is 12.0 Å². The fourth-order valence-electron chi connectivity index (χ4n) is 1.68. The first-order valence-corrected chi connectivity index (χ1v) is 5.86. The largest absolute Gasteiger partial charge is 0.439 e. The van der Waals surface area contributed by atoms with Gasteiger partial charge in [-0.15, -0.1) is 0 Å². The third-order valence-corrected chi connectivity index (χ3v) is 2.67. The summed E-state index contributed by atoms with van der Waals surface area (Å²) in [5, 5.41) is 0. The second-order valence-electron chi connectivity index (χ2n) is 4.02. The Morgan fingerprint density at radius 2 is 2.00 bits per heavy atom. The molecule has 1 aromatic heterocycles. The van der Waals surface area contributed by atoms with Crippen LogP contribution in [0.2, 0.25) is 0 Å². The van der Waals surface area contributed by atoms with Crippen LogP contribution in [0.1, 0.15) is 18.1 Å². The molecule has 1 heterocycles. The van der Waals surface area contributed by atoms with Crippen molar-refractivity contribution in [2.24, 2.45) is 0 Å². The fraction of sp³-hybridized carbons (Fsp3) is 0.231. The number of aromatic nitrogens is 2. The highest BCUT2D eigenvalue weighted by molar-refractivity contribution is 5.46. The van der Waals surface area contributed by atoms with Crippen LogP contribution >= 0.6 is 0 Å². The van der Waals surface area contributed by atoms with Crippen LogP contribution in [0.5, 0.6) is 11.6 Å². The van der Waals surface area contributed by atoms with Crippen molar-refractivity contribution in [2.45, 2.75) is 19.5 Å². The number of halogens is 3. The van der Waals surface area contributed by atoms with Crippen LogP contribution in [0.3, 0.4) is 0 Å². The zero-order chi connectivity index (χ0) is 14.8. The molecule has 0 atom stereocenters. The van der Waals surface area contributed by atoms with Crippen LogP contribution < -0.4 is 10.5 Å². The van der Waals surface area contributed by atoms with E-state index in [1.807, 2.05) is 6.92 Å². The molecule has 2 N–H and O–H groups in total. The minimum absolute atomic E-state index is 0.0487. The fourth-order valence-corrected chi connectivity index (χ4v) is 1.68. The molecule has 0 amide bonds. The Balaban J connectivity index is 2.34. The Morgan fingerprint density at radius 3 is 2.65 bits per heavy atom. The molecule has 2 aromatic rings. The summed E-state index contributed by atoms with van der Waals surface area (Å²) >= 11 is 0. The summed E-state index contributed by atoms with van der Waals surface area (Å²) in [6, 6.07) is 4.58. The standard InChI is InChI=1S/C13H12F3N3O/c1-2-10-11(17)18-7-19-12(10)20-9-5-3-4-8(6-9)13(14,15)16/h3-7H,2H2,1H3,(H2,17,18,19). The van der Waals surface area contributed by atoms with Crippen molar-refractivity contribution in [3.63, 3.8) is 0 Å². The molecule has 0 radical (unpaired) electrons. The first-order chi connectivity index (χ1) is 9.41. The molecule has 0 unspecified atom stereocenters. The van der Waals surface area contributed by atoms with E-state index in [4.69, 9.17) is 10.5 Å². The molecule has 0 aliphatic carbocycles. The zero-order valence-electron chi connectivity index (χ0n) is 10.6. The maximum atomic E-state index is 12.6. The number of nitrogen functional groups attached to an aromatic ring is 1. The quantitative estimate of drug-likeness (QED) is 0.937. The number of ether oxygens (including phenoxy) is 1. The molecule has 2 rings (SSSR count). The van der Waals surface area contributed by atoms with Crippen molar-refractivity contribution in [3.8, 4) is 11.6 Å². The summed E-state index contributed by atoms with van der Waals surface area (Å²) in [6.45, 7) is 1.83. The third-order valence-electron chi connectivity index (χ3n) is 2.67. The number of nitrogens with zero attached hydrogens (tertiary/aromatic N) is 2. The lowest BCUT2D eigenvalue weighted by Gasteiger charge is -2.12. The minimum Gasteiger partial charge on any atom is -0.439 e. The van der Waals surface area contributed by atoms with E-state index in [9.17, 15) is 13.2 Å². The van der Waals surface area contributed by atoms with E-state index in [2.05, 4.69) is 9.97 Å². The summed E-state index contributed by atoms with van der Waals surface area (Å²) in [6.07, 6.45) is -2.70. The van der Waals surface area contributed by atoms with Gasteiger partial charge in [0.15, 0.2) is 0 Å². The lowest BCUT2D eigenvalue weighted by atomic mass is 10.2. The van der Waals surface area contributed by atoms with Crippen LogP contribution in [0, 0.1) is 0 Å². The highest BCUT2D eigenvalue weighted by atomic mass is 19.4. The van der Waals surface area contributed by atoms with Crippen molar-refractivity contribution in [1.29, 1.82) is 0 Å². The Bertz CT molecular complexity index is 614. The van der Waals surface area contributed by atoms with Crippen molar-refractivity contribution >= 4 is 5.82 Å². The number of hydrogen-bond donors (Lipinski definition) is 1. The van der Waals surface area contributed by atoms with E-state index in [0.717, 1.165) is 12.1 Å². The second-order valence-corrected chi connectivity index (χ2v) is 4.02. The Kier molecular flexibility index (Phi) is 3.78. The molecule has 0 bridgehead atoms. The summed E-state index contributed by atoms with van der Waals surface area (Å²) in [5.74, 6) is 0.469. The van der Waals surface area contributed by atoms with Gasteiger partial charge in [0.05, 0.1) is 11.1 Å². The van der Waals surface area contributed by atoms with Gasteiger partial charge in [0.1, 0.15) is 17.9 Å². The predicted octanol–water partition coefficient (Wildman–Crippen LogP) is 3.43. The van der Waals surface area contributed by atoms with Gasteiger partial charge < -0.3 is 10.5 Å². The van der Waals surface area contributed by atoms with E-state index < -0.39 is 11.7 Å². The predicted molar refractivity (Wildman–Crippen MR) is 67.3 cm³/mol. The van der Waals surface area contributed by atoms with Crippen LogP contribution in [0.4, 0.5) is 19.0 Å². The Hall–Kier alpha value is -2.31. The zero-order valence-corrected chi connectivity index (χ0v) is 10.6. The Labute approximate surface area is 113 Å². The van der Waals surface area contributed by atoms with Gasteiger partial charge in [0, 0.05) is 0 Å². The van der Waals surface area contributed by atoms with Gasteiger partial charge in [-0.2, -0.15) is 13.2 Å². The molecule has 4 nitrogen and oxygen atoms in total. The average Bonchev–Trinajstić information content (AvgIpc) is 2.38. The molecule has 0 fully saturated rings. The number of alkyl halides is 3. The first-order valence-electron chi connectivity index (χ1n) is 5.86. The smallest absolute Gasteiger partial charge is 0.416 e. The van der Waals surface area contributed by atoms with Gasteiger partial charge >= 0.3 is 6.18 Å². The highest BCUT2D eigenvalue weighted by Gasteiger charge is 2.30. The van der Waals surface area contributed by atoms with Crippen molar-refractivity contribution in [3.05, 3.63) is 41.7 Å². The van der Waals surface area contributed by atoms with Crippen LogP contribution in [0.15, 0.2) is 30.6 Å². The number of rotatable bonds is 3. The molecule has 0 saturated carbocycles.